The van der Waals surface area contributed by atoms with Crippen LogP contribution in [0.25, 0.3) is 0 Å². The SMILES string of the molecule is O=C(NCCCNC1CCCCC1)NCCCN1CCCCCC1=O. The van der Waals surface area contributed by atoms with Gasteiger partial charge in [0.15, 0.2) is 0 Å². The lowest BCUT2D eigenvalue weighted by Gasteiger charge is -2.22. The van der Waals surface area contributed by atoms with Crippen LogP contribution < -0.4 is 16.0 Å². The first kappa shape index (κ1) is 20.0. The summed E-state index contributed by atoms with van der Waals surface area (Å²) < 4.78 is 0. The van der Waals surface area contributed by atoms with Gasteiger partial charge in [-0.05, 0) is 45.1 Å². The maximum atomic E-state index is 11.9. The first-order chi connectivity index (χ1) is 12.3. The van der Waals surface area contributed by atoms with E-state index in [1.807, 2.05) is 4.90 Å². The monoisotopic (exact) mass is 352 g/mol. The van der Waals surface area contributed by atoms with Crippen LogP contribution in [0, 0.1) is 0 Å². The molecule has 1 heterocycles. The van der Waals surface area contributed by atoms with Gasteiger partial charge in [-0.3, -0.25) is 4.79 Å². The number of hydrogen-bond acceptors (Lipinski definition) is 3. The van der Waals surface area contributed by atoms with Crippen molar-refractivity contribution in [3.05, 3.63) is 0 Å². The molecule has 6 nitrogen and oxygen atoms in total. The average molecular weight is 353 g/mol. The maximum absolute atomic E-state index is 11.9. The van der Waals surface area contributed by atoms with Crippen LogP contribution in [0.1, 0.15) is 70.6 Å². The summed E-state index contributed by atoms with van der Waals surface area (Å²) in [5.41, 5.74) is 0. The van der Waals surface area contributed by atoms with E-state index in [1.54, 1.807) is 0 Å². The van der Waals surface area contributed by atoms with Crippen molar-refractivity contribution >= 4 is 11.9 Å². The molecule has 2 rings (SSSR count). The fourth-order valence-electron chi connectivity index (χ4n) is 3.71. The molecule has 0 radical (unpaired) electrons. The maximum Gasteiger partial charge on any atom is 0.314 e. The van der Waals surface area contributed by atoms with Crippen LogP contribution >= 0.6 is 0 Å². The summed E-state index contributed by atoms with van der Waals surface area (Å²) in [6.45, 7) is 3.93. The number of urea groups is 1. The van der Waals surface area contributed by atoms with Gasteiger partial charge >= 0.3 is 6.03 Å². The van der Waals surface area contributed by atoms with Gasteiger partial charge in [-0.2, -0.15) is 0 Å². The molecule has 3 amide bonds. The van der Waals surface area contributed by atoms with Crippen LogP contribution in [0.3, 0.4) is 0 Å². The third-order valence-electron chi connectivity index (χ3n) is 5.24. The molecular weight excluding hydrogens is 316 g/mol. The van der Waals surface area contributed by atoms with E-state index in [-0.39, 0.29) is 11.9 Å². The van der Waals surface area contributed by atoms with E-state index >= 15 is 0 Å². The number of amides is 3. The van der Waals surface area contributed by atoms with Crippen LogP contribution in [0.15, 0.2) is 0 Å². The molecule has 0 atom stereocenters. The minimum Gasteiger partial charge on any atom is -0.343 e. The van der Waals surface area contributed by atoms with Gasteiger partial charge in [0, 0.05) is 38.6 Å². The predicted octanol–water partition coefficient (Wildman–Crippen LogP) is 2.39. The lowest BCUT2D eigenvalue weighted by molar-refractivity contribution is -0.130. The van der Waals surface area contributed by atoms with Crippen molar-refractivity contribution in [3.8, 4) is 0 Å². The number of nitrogens with zero attached hydrogens (tertiary/aromatic N) is 1. The summed E-state index contributed by atoms with van der Waals surface area (Å²) in [5.74, 6) is 0.271. The minimum absolute atomic E-state index is 0.0974. The van der Waals surface area contributed by atoms with Gasteiger partial charge in [0.2, 0.25) is 5.91 Å². The number of likely N-dealkylation sites (tertiary alicyclic amines) is 1. The number of nitrogens with one attached hydrogen (secondary N) is 3. The molecule has 0 aromatic rings. The van der Waals surface area contributed by atoms with Crippen LogP contribution in [-0.2, 0) is 4.79 Å². The lowest BCUT2D eigenvalue weighted by atomic mass is 9.95. The predicted molar refractivity (Wildman–Crippen MR) is 101 cm³/mol. The average Bonchev–Trinajstić information content (AvgIpc) is 2.83. The van der Waals surface area contributed by atoms with E-state index in [1.165, 1.54) is 32.1 Å². The fraction of sp³-hybridized carbons (Fsp3) is 0.895. The van der Waals surface area contributed by atoms with Crippen molar-refractivity contribution < 1.29 is 9.59 Å². The molecule has 0 spiro atoms. The van der Waals surface area contributed by atoms with Gasteiger partial charge in [-0.25, -0.2) is 4.79 Å². The van der Waals surface area contributed by atoms with E-state index < -0.39 is 0 Å². The molecule has 25 heavy (non-hydrogen) atoms. The van der Waals surface area contributed by atoms with Gasteiger partial charge in [-0.1, -0.05) is 25.7 Å². The number of rotatable bonds is 9. The molecule has 0 aromatic heterocycles. The Morgan fingerprint density at radius 3 is 2.44 bits per heavy atom. The molecule has 144 valence electrons. The van der Waals surface area contributed by atoms with E-state index in [2.05, 4.69) is 16.0 Å². The molecule has 1 aliphatic heterocycles. The molecule has 2 aliphatic rings. The van der Waals surface area contributed by atoms with Crippen molar-refractivity contribution in [3.63, 3.8) is 0 Å². The Labute approximate surface area is 152 Å². The molecule has 1 saturated carbocycles. The van der Waals surface area contributed by atoms with Crippen LogP contribution in [0.2, 0.25) is 0 Å². The molecule has 3 N–H and O–H groups in total. The first-order valence-corrected chi connectivity index (χ1v) is 10.3. The Balaban J connectivity index is 1.42. The van der Waals surface area contributed by atoms with E-state index in [9.17, 15) is 9.59 Å². The summed E-state index contributed by atoms with van der Waals surface area (Å²) in [6, 6.07) is 0.587. The van der Waals surface area contributed by atoms with Crippen molar-refractivity contribution in [1.82, 2.24) is 20.9 Å². The summed E-state index contributed by atoms with van der Waals surface area (Å²) in [6.07, 6.45) is 12.4. The summed E-state index contributed by atoms with van der Waals surface area (Å²) in [7, 11) is 0. The number of carbonyl (C=O) groups is 2. The second-order valence-electron chi connectivity index (χ2n) is 7.37. The van der Waals surface area contributed by atoms with Crippen molar-refractivity contribution in [2.75, 3.05) is 32.7 Å². The molecule has 2 fully saturated rings. The largest absolute Gasteiger partial charge is 0.343 e. The third kappa shape index (κ3) is 8.56. The molecule has 0 bridgehead atoms. The van der Waals surface area contributed by atoms with Gasteiger partial charge in [-0.15, -0.1) is 0 Å². The molecule has 6 heteroatoms. The van der Waals surface area contributed by atoms with Crippen LogP contribution in [-0.4, -0.2) is 55.6 Å². The summed E-state index contributed by atoms with van der Waals surface area (Å²) in [5, 5.41) is 9.38. The Morgan fingerprint density at radius 1 is 0.920 bits per heavy atom. The highest BCUT2D eigenvalue weighted by Gasteiger charge is 2.15. The zero-order valence-electron chi connectivity index (χ0n) is 15.7. The van der Waals surface area contributed by atoms with Crippen molar-refractivity contribution in [1.29, 1.82) is 0 Å². The van der Waals surface area contributed by atoms with E-state index in [4.69, 9.17) is 0 Å². The quantitative estimate of drug-likeness (QED) is 0.558. The van der Waals surface area contributed by atoms with Crippen LogP contribution in [0.4, 0.5) is 4.79 Å². The number of carbonyl (C=O) groups excluding carboxylic acids is 2. The molecular formula is C19H36N4O2. The Hall–Kier alpha value is -1.30. The zero-order valence-corrected chi connectivity index (χ0v) is 15.7. The third-order valence-corrected chi connectivity index (χ3v) is 5.24. The molecule has 1 saturated heterocycles. The van der Waals surface area contributed by atoms with E-state index in [0.29, 0.717) is 25.6 Å². The van der Waals surface area contributed by atoms with E-state index in [0.717, 1.165) is 51.7 Å². The standard InChI is InChI=1S/C19H36N4O2/c24-18-11-5-2-6-15-23(18)16-8-14-22-19(25)21-13-7-12-20-17-9-3-1-4-10-17/h17,20H,1-16H2,(H2,21,22,25). The van der Waals surface area contributed by atoms with Crippen LogP contribution in [0.5, 0.6) is 0 Å². The number of hydrogen-bond donors (Lipinski definition) is 3. The summed E-state index contributed by atoms with van der Waals surface area (Å²) >= 11 is 0. The van der Waals surface area contributed by atoms with Gasteiger partial charge in [0.05, 0.1) is 0 Å². The Bertz CT molecular complexity index is 397. The highest BCUT2D eigenvalue weighted by Crippen LogP contribution is 2.17. The minimum atomic E-state index is -0.0974. The Kier molecular flexibility index (Phi) is 9.70. The molecule has 1 aliphatic carbocycles. The first-order valence-electron chi connectivity index (χ1n) is 10.3. The second-order valence-corrected chi connectivity index (χ2v) is 7.37. The van der Waals surface area contributed by atoms with Crippen molar-refractivity contribution in [2.45, 2.75) is 76.7 Å². The van der Waals surface area contributed by atoms with Gasteiger partial charge < -0.3 is 20.9 Å². The van der Waals surface area contributed by atoms with Gasteiger partial charge in [0.1, 0.15) is 0 Å². The molecule has 0 aromatic carbocycles. The Morgan fingerprint density at radius 2 is 1.64 bits per heavy atom. The second kappa shape index (κ2) is 12.1. The highest BCUT2D eigenvalue weighted by molar-refractivity contribution is 5.76. The molecule has 0 unspecified atom stereocenters. The summed E-state index contributed by atoms with van der Waals surface area (Å²) in [4.78, 5) is 25.6. The van der Waals surface area contributed by atoms with Gasteiger partial charge in [0.25, 0.3) is 0 Å². The fourth-order valence-corrected chi connectivity index (χ4v) is 3.71. The highest BCUT2D eigenvalue weighted by atomic mass is 16.2. The lowest BCUT2D eigenvalue weighted by Crippen LogP contribution is -2.39. The topological polar surface area (TPSA) is 73.5 Å². The van der Waals surface area contributed by atoms with Crippen molar-refractivity contribution in [2.24, 2.45) is 0 Å². The zero-order chi connectivity index (χ0) is 17.7. The normalized spacial score (nSPS) is 19.5. The smallest absolute Gasteiger partial charge is 0.314 e.